The number of hydrogen-bond donors (Lipinski definition) is 1. The van der Waals surface area contributed by atoms with Gasteiger partial charge < -0.3 is 5.32 Å². The summed E-state index contributed by atoms with van der Waals surface area (Å²) in [6.45, 7) is 5.13. The number of rotatable bonds is 7. The van der Waals surface area contributed by atoms with E-state index in [-0.39, 0.29) is 0 Å². The van der Waals surface area contributed by atoms with Crippen LogP contribution in [-0.2, 0) is 4.79 Å². The summed E-state index contributed by atoms with van der Waals surface area (Å²) in [5.74, 6) is 0.963. The van der Waals surface area contributed by atoms with Gasteiger partial charge in [0.15, 0.2) is 0 Å². The SMILES string of the molecule is CCCC(C)CC(=O)CCNC. The summed E-state index contributed by atoms with van der Waals surface area (Å²) >= 11 is 0. The summed E-state index contributed by atoms with van der Waals surface area (Å²) in [4.78, 5) is 11.2. The standard InChI is InChI=1S/C10H21NO/c1-4-5-9(2)8-10(12)6-7-11-3/h9,11H,4-8H2,1-3H3. The molecule has 0 spiro atoms. The molecule has 0 amide bonds. The first-order valence-corrected chi connectivity index (χ1v) is 4.87. The first kappa shape index (κ1) is 11.6. The molecule has 0 bridgehead atoms. The number of carbonyl (C=O) groups is 1. The molecule has 0 saturated carbocycles. The van der Waals surface area contributed by atoms with Crippen molar-refractivity contribution in [3.05, 3.63) is 0 Å². The molecule has 0 saturated heterocycles. The average Bonchev–Trinajstić information content (AvgIpc) is 2.01. The van der Waals surface area contributed by atoms with Crippen molar-refractivity contribution < 1.29 is 4.79 Å². The third-order valence-electron chi connectivity index (χ3n) is 2.01. The molecular weight excluding hydrogens is 150 g/mol. The monoisotopic (exact) mass is 171 g/mol. The third kappa shape index (κ3) is 6.35. The minimum absolute atomic E-state index is 0.394. The van der Waals surface area contributed by atoms with E-state index in [0.717, 1.165) is 13.0 Å². The van der Waals surface area contributed by atoms with E-state index in [1.807, 2.05) is 7.05 Å². The summed E-state index contributed by atoms with van der Waals surface area (Å²) in [5.41, 5.74) is 0. The summed E-state index contributed by atoms with van der Waals surface area (Å²) in [5, 5.41) is 2.98. The zero-order chi connectivity index (χ0) is 9.40. The molecule has 72 valence electrons. The Morgan fingerprint density at radius 1 is 1.50 bits per heavy atom. The smallest absolute Gasteiger partial charge is 0.134 e. The number of ketones is 1. The number of Topliss-reactive ketones (excluding diaryl/α,β-unsaturated/α-hetero) is 1. The van der Waals surface area contributed by atoms with Crippen LogP contribution in [0, 0.1) is 5.92 Å². The Kier molecular flexibility index (Phi) is 7.06. The van der Waals surface area contributed by atoms with Crippen LogP contribution in [0.5, 0.6) is 0 Å². The van der Waals surface area contributed by atoms with Crippen molar-refractivity contribution >= 4 is 5.78 Å². The van der Waals surface area contributed by atoms with E-state index in [2.05, 4.69) is 19.2 Å². The van der Waals surface area contributed by atoms with Crippen LogP contribution in [-0.4, -0.2) is 19.4 Å². The molecule has 0 aliphatic carbocycles. The van der Waals surface area contributed by atoms with Gasteiger partial charge in [-0.15, -0.1) is 0 Å². The number of nitrogens with one attached hydrogen (secondary N) is 1. The van der Waals surface area contributed by atoms with E-state index < -0.39 is 0 Å². The van der Waals surface area contributed by atoms with E-state index in [1.54, 1.807) is 0 Å². The second-order valence-corrected chi connectivity index (χ2v) is 3.49. The van der Waals surface area contributed by atoms with Crippen LogP contribution < -0.4 is 5.32 Å². The highest BCUT2D eigenvalue weighted by molar-refractivity contribution is 5.78. The molecule has 0 heterocycles. The fraction of sp³-hybridized carbons (Fsp3) is 0.900. The highest BCUT2D eigenvalue weighted by Gasteiger charge is 2.07. The Hall–Kier alpha value is -0.370. The van der Waals surface area contributed by atoms with Gasteiger partial charge in [-0.2, -0.15) is 0 Å². The molecule has 0 aromatic rings. The molecular formula is C10H21NO. The van der Waals surface area contributed by atoms with Gasteiger partial charge in [-0.1, -0.05) is 26.7 Å². The van der Waals surface area contributed by atoms with Crippen LogP contribution >= 0.6 is 0 Å². The first-order chi connectivity index (χ1) is 5.70. The Morgan fingerprint density at radius 2 is 2.17 bits per heavy atom. The minimum atomic E-state index is 0.394. The highest BCUT2D eigenvalue weighted by Crippen LogP contribution is 2.10. The van der Waals surface area contributed by atoms with Gasteiger partial charge in [-0.05, 0) is 13.0 Å². The zero-order valence-electron chi connectivity index (χ0n) is 8.52. The zero-order valence-corrected chi connectivity index (χ0v) is 8.52. The fourth-order valence-corrected chi connectivity index (χ4v) is 1.35. The van der Waals surface area contributed by atoms with Crippen LogP contribution in [0.15, 0.2) is 0 Å². The van der Waals surface area contributed by atoms with Gasteiger partial charge in [-0.3, -0.25) is 4.79 Å². The number of hydrogen-bond acceptors (Lipinski definition) is 2. The van der Waals surface area contributed by atoms with E-state index in [9.17, 15) is 4.79 Å². The first-order valence-electron chi connectivity index (χ1n) is 4.87. The van der Waals surface area contributed by atoms with E-state index in [1.165, 1.54) is 12.8 Å². The van der Waals surface area contributed by atoms with Crippen LogP contribution in [0.4, 0.5) is 0 Å². The van der Waals surface area contributed by atoms with Crippen LogP contribution in [0.3, 0.4) is 0 Å². The third-order valence-corrected chi connectivity index (χ3v) is 2.01. The lowest BCUT2D eigenvalue weighted by molar-refractivity contribution is -0.119. The molecule has 12 heavy (non-hydrogen) atoms. The second-order valence-electron chi connectivity index (χ2n) is 3.49. The van der Waals surface area contributed by atoms with E-state index in [4.69, 9.17) is 0 Å². The molecule has 2 nitrogen and oxygen atoms in total. The topological polar surface area (TPSA) is 29.1 Å². The van der Waals surface area contributed by atoms with Gasteiger partial charge in [0.1, 0.15) is 5.78 Å². The molecule has 0 aromatic carbocycles. The van der Waals surface area contributed by atoms with Gasteiger partial charge in [0, 0.05) is 19.4 Å². The Morgan fingerprint density at radius 3 is 2.67 bits per heavy atom. The van der Waals surface area contributed by atoms with Crippen molar-refractivity contribution in [1.29, 1.82) is 0 Å². The summed E-state index contributed by atoms with van der Waals surface area (Å²) in [7, 11) is 1.88. The van der Waals surface area contributed by atoms with Crippen molar-refractivity contribution in [2.45, 2.75) is 39.5 Å². The predicted octanol–water partition coefficient (Wildman–Crippen LogP) is 1.99. The van der Waals surface area contributed by atoms with Crippen molar-refractivity contribution in [3.63, 3.8) is 0 Å². The highest BCUT2D eigenvalue weighted by atomic mass is 16.1. The molecule has 0 aliphatic rings. The maximum Gasteiger partial charge on any atom is 0.134 e. The van der Waals surface area contributed by atoms with E-state index >= 15 is 0 Å². The lowest BCUT2D eigenvalue weighted by Gasteiger charge is -2.08. The molecule has 2 heteroatoms. The molecule has 0 aromatic heterocycles. The molecule has 1 unspecified atom stereocenters. The summed E-state index contributed by atoms with van der Waals surface area (Å²) in [6.07, 6.45) is 3.80. The quantitative estimate of drug-likeness (QED) is 0.634. The molecule has 0 fully saturated rings. The lowest BCUT2D eigenvalue weighted by Crippen LogP contribution is -2.14. The molecule has 0 radical (unpaired) electrons. The Bertz CT molecular complexity index is 123. The molecule has 1 N–H and O–H groups in total. The summed E-state index contributed by atoms with van der Waals surface area (Å²) in [6, 6.07) is 0. The number of carbonyl (C=O) groups excluding carboxylic acids is 1. The predicted molar refractivity (Wildman–Crippen MR) is 52.2 cm³/mol. The van der Waals surface area contributed by atoms with Crippen molar-refractivity contribution in [3.8, 4) is 0 Å². The minimum Gasteiger partial charge on any atom is -0.319 e. The molecule has 1 atom stereocenters. The largest absolute Gasteiger partial charge is 0.319 e. The average molecular weight is 171 g/mol. The van der Waals surface area contributed by atoms with Crippen molar-refractivity contribution in [2.24, 2.45) is 5.92 Å². The molecule has 0 rings (SSSR count). The van der Waals surface area contributed by atoms with Gasteiger partial charge in [0.25, 0.3) is 0 Å². The van der Waals surface area contributed by atoms with Crippen molar-refractivity contribution in [2.75, 3.05) is 13.6 Å². The van der Waals surface area contributed by atoms with Gasteiger partial charge in [0.05, 0.1) is 0 Å². The fourth-order valence-electron chi connectivity index (χ4n) is 1.35. The Balaban J connectivity index is 3.40. The van der Waals surface area contributed by atoms with Gasteiger partial charge in [-0.25, -0.2) is 0 Å². The van der Waals surface area contributed by atoms with Crippen LogP contribution in [0.25, 0.3) is 0 Å². The normalized spacial score (nSPS) is 12.9. The molecule has 0 aliphatic heterocycles. The maximum absolute atomic E-state index is 11.2. The van der Waals surface area contributed by atoms with Gasteiger partial charge in [0.2, 0.25) is 0 Å². The summed E-state index contributed by atoms with van der Waals surface area (Å²) < 4.78 is 0. The van der Waals surface area contributed by atoms with Crippen LogP contribution in [0.1, 0.15) is 39.5 Å². The maximum atomic E-state index is 11.2. The Labute approximate surface area is 75.7 Å². The van der Waals surface area contributed by atoms with Crippen LogP contribution in [0.2, 0.25) is 0 Å². The van der Waals surface area contributed by atoms with E-state index in [0.29, 0.717) is 18.1 Å². The lowest BCUT2D eigenvalue weighted by atomic mass is 9.98. The van der Waals surface area contributed by atoms with Gasteiger partial charge >= 0.3 is 0 Å². The van der Waals surface area contributed by atoms with Crippen molar-refractivity contribution in [1.82, 2.24) is 5.32 Å². The second kappa shape index (κ2) is 7.29.